The van der Waals surface area contributed by atoms with Gasteiger partial charge in [0.2, 0.25) is 5.88 Å². The summed E-state index contributed by atoms with van der Waals surface area (Å²) < 4.78 is 5.97. The van der Waals surface area contributed by atoms with Crippen molar-refractivity contribution in [3.8, 4) is 11.6 Å². The van der Waals surface area contributed by atoms with Crippen molar-refractivity contribution in [3.63, 3.8) is 0 Å². The first-order valence-electron chi connectivity index (χ1n) is 7.31. The van der Waals surface area contributed by atoms with Crippen LogP contribution in [0, 0.1) is 0 Å². The van der Waals surface area contributed by atoms with Crippen molar-refractivity contribution in [2.24, 2.45) is 0 Å². The minimum absolute atomic E-state index is 0.00141. The van der Waals surface area contributed by atoms with E-state index < -0.39 is 0 Å². The van der Waals surface area contributed by atoms with Crippen LogP contribution in [0.15, 0.2) is 30.3 Å². The summed E-state index contributed by atoms with van der Waals surface area (Å²) in [7, 11) is 0. The van der Waals surface area contributed by atoms with E-state index in [4.69, 9.17) is 10.5 Å². The Morgan fingerprint density at radius 2 is 1.86 bits per heavy atom. The molecule has 0 spiro atoms. The fourth-order valence-corrected chi connectivity index (χ4v) is 2.17. The molecule has 0 fully saturated rings. The maximum Gasteiger partial charge on any atom is 0.224 e. The van der Waals surface area contributed by atoms with Crippen LogP contribution in [0.4, 0.5) is 5.82 Å². The Balaban J connectivity index is 2.35. The first kappa shape index (κ1) is 15.3. The summed E-state index contributed by atoms with van der Waals surface area (Å²) in [5.41, 5.74) is 6.98. The van der Waals surface area contributed by atoms with E-state index >= 15 is 0 Å². The minimum atomic E-state index is 0.00141. The van der Waals surface area contributed by atoms with Crippen LogP contribution in [0.2, 0.25) is 0 Å². The maximum atomic E-state index is 5.97. The van der Waals surface area contributed by atoms with Gasteiger partial charge in [0.25, 0.3) is 0 Å². The molecule has 4 nitrogen and oxygen atoms in total. The molecule has 0 saturated heterocycles. The van der Waals surface area contributed by atoms with Gasteiger partial charge in [-0.1, -0.05) is 45.9 Å². The van der Waals surface area contributed by atoms with Gasteiger partial charge < -0.3 is 10.5 Å². The Morgan fingerprint density at radius 1 is 1.14 bits per heavy atom. The highest BCUT2D eigenvalue weighted by molar-refractivity contribution is 5.42. The number of nitrogens with two attached hydrogens (primary N) is 1. The van der Waals surface area contributed by atoms with Crippen LogP contribution in [0.25, 0.3) is 0 Å². The van der Waals surface area contributed by atoms with Gasteiger partial charge in [0.05, 0.1) is 0 Å². The highest BCUT2D eigenvalue weighted by atomic mass is 16.5. The highest BCUT2D eigenvalue weighted by Crippen LogP contribution is 2.33. The number of anilines is 1. The number of ether oxygens (including phenoxy) is 1. The Labute approximate surface area is 126 Å². The van der Waals surface area contributed by atoms with E-state index in [-0.39, 0.29) is 5.41 Å². The number of aromatic nitrogens is 2. The fourth-order valence-electron chi connectivity index (χ4n) is 2.17. The van der Waals surface area contributed by atoms with E-state index in [2.05, 4.69) is 43.7 Å². The van der Waals surface area contributed by atoms with Crippen molar-refractivity contribution >= 4 is 5.82 Å². The molecule has 1 aromatic heterocycles. The lowest BCUT2D eigenvalue weighted by atomic mass is 9.86. The Morgan fingerprint density at radius 3 is 2.52 bits per heavy atom. The highest BCUT2D eigenvalue weighted by Gasteiger charge is 2.19. The van der Waals surface area contributed by atoms with Crippen LogP contribution < -0.4 is 10.5 Å². The fraction of sp³-hybridized carbons (Fsp3) is 0.412. The van der Waals surface area contributed by atoms with Crippen molar-refractivity contribution in [1.82, 2.24) is 9.97 Å². The molecular weight excluding hydrogens is 262 g/mol. The summed E-state index contributed by atoms with van der Waals surface area (Å²) in [6.45, 7) is 8.56. The maximum absolute atomic E-state index is 5.97. The van der Waals surface area contributed by atoms with E-state index in [1.54, 1.807) is 6.07 Å². The third kappa shape index (κ3) is 3.94. The molecule has 1 aromatic carbocycles. The predicted octanol–water partition coefficient (Wildman–Crippen LogP) is 4.10. The number of rotatable bonds is 4. The van der Waals surface area contributed by atoms with E-state index in [0.717, 1.165) is 30.0 Å². The predicted molar refractivity (Wildman–Crippen MR) is 85.7 cm³/mol. The van der Waals surface area contributed by atoms with Gasteiger partial charge in [-0.15, -0.1) is 0 Å². The summed E-state index contributed by atoms with van der Waals surface area (Å²) in [6, 6.07) is 9.68. The minimum Gasteiger partial charge on any atom is -0.439 e. The second-order valence-electron chi connectivity index (χ2n) is 6.15. The molecule has 0 aliphatic carbocycles. The van der Waals surface area contributed by atoms with Gasteiger partial charge in [-0.05, 0) is 17.9 Å². The number of nitrogens with zero attached hydrogens (tertiary/aromatic N) is 2. The van der Waals surface area contributed by atoms with Crippen molar-refractivity contribution in [1.29, 1.82) is 0 Å². The number of benzene rings is 1. The Kier molecular flexibility index (Phi) is 4.46. The summed E-state index contributed by atoms with van der Waals surface area (Å²) in [5.74, 6) is 2.48. The zero-order chi connectivity index (χ0) is 15.5. The van der Waals surface area contributed by atoms with Gasteiger partial charge in [-0.2, -0.15) is 4.98 Å². The number of aryl methyl sites for hydroxylation is 1. The molecule has 0 amide bonds. The molecule has 0 radical (unpaired) electrons. The molecule has 2 N–H and O–H groups in total. The quantitative estimate of drug-likeness (QED) is 0.918. The van der Waals surface area contributed by atoms with Gasteiger partial charge in [-0.3, -0.25) is 0 Å². The van der Waals surface area contributed by atoms with E-state index in [9.17, 15) is 0 Å². The number of hydrogen-bond acceptors (Lipinski definition) is 4. The SMILES string of the molecule is CCCc1nc(N)cc(Oc2ccccc2C(C)(C)C)n1. The molecule has 0 aliphatic heterocycles. The van der Waals surface area contributed by atoms with Crippen molar-refractivity contribution in [3.05, 3.63) is 41.7 Å². The lowest BCUT2D eigenvalue weighted by molar-refractivity contribution is 0.437. The number of hydrogen-bond donors (Lipinski definition) is 1. The van der Waals surface area contributed by atoms with Crippen LogP contribution in [0.1, 0.15) is 45.5 Å². The lowest BCUT2D eigenvalue weighted by Crippen LogP contribution is -2.12. The zero-order valence-electron chi connectivity index (χ0n) is 13.2. The number of para-hydroxylation sites is 1. The van der Waals surface area contributed by atoms with Gasteiger partial charge in [0, 0.05) is 18.1 Å². The first-order chi connectivity index (χ1) is 9.90. The molecule has 0 saturated carbocycles. The summed E-state index contributed by atoms with van der Waals surface area (Å²) in [4.78, 5) is 8.65. The summed E-state index contributed by atoms with van der Waals surface area (Å²) in [5, 5.41) is 0. The third-order valence-electron chi connectivity index (χ3n) is 3.15. The average Bonchev–Trinajstić information content (AvgIpc) is 2.37. The zero-order valence-corrected chi connectivity index (χ0v) is 13.2. The lowest BCUT2D eigenvalue weighted by Gasteiger charge is -2.22. The van der Waals surface area contributed by atoms with E-state index in [1.807, 2.05) is 18.2 Å². The summed E-state index contributed by atoms with van der Waals surface area (Å²) >= 11 is 0. The largest absolute Gasteiger partial charge is 0.439 e. The van der Waals surface area contributed by atoms with Crippen molar-refractivity contribution in [2.75, 3.05) is 5.73 Å². The van der Waals surface area contributed by atoms with Gasteiger partial charge in [0.15, 0.2) is 0 Å². The van der Waals surface area contributed by atoms with Crippen LogP contribution in [-0.2, 0) is 11.8 Å². The van der Waals surface area contributed by atoms with Gasteiger partial charge in [0.1, 0.15) is 17.4 Å². The normalized spacial score (nSPS) is 11.4. The molecule has 112 valence electrons. The van der Waals surface area contributed by atoms with Crippen LogP contribution in [0.5, 0.6) is 11.6 Å². The van der Waals surface area contributed by atoms with Crippen LogP contribution in [-0.4, -0.2) is 9.97 Å². The Hall–Kier alpha value is -2.10. The first-order valence-corrected chi connectivity index (χ1v) is 7.31. The molecule has 2 rings (SSSR count). The van der Waals surface area contributed by atoms with Gasteiger partial charge in [-0.25, -0.2) is 4.98 Å². The van der Waals surface area contributed by atoms with E-state index in [0.29, 0.717) is 11.7 Å². The number of nitrogen functional groups attached to an aromatic ring is 1. The topological polar surface area (TPSA) is 61.0 Å². The molecule has 21 heavy (non-hydrogen) atoms. The molecule has 1 heterocycles. The average molecular weight is 285 g/mol. The van der Waals surface area contributed by atoms with E-state index in [1.165, 1.54) is 0 Å². The van der Waals surface area contributed by atoms with Crippen molar-refractivity contribution < 1.29 is 4.74 Å². The third-order valence-corrected chi connectivity index (χ3v) is 3.15. The molecule has 0 unspecified atom stereocenters. The molecule has 0 atom stereocenters. The smallest absolute Gasteiger partial charge is 0.224 e. The standard InChI is InChI=1S/C17H23N3O/c1-5-8-15-19-14(18)11-16(20-15)21-13-10-7-6-9-12(13)17(2,3)4/h6-7,9-11H,5,8H2,1-4H3,(H2,18,19,20). The monoisotopic (exact) mass is 285 g/mol. The molecule has 0 aliphatic rings. The second-order valence-corrected chi connectivity index (χ2v) is 6.15. The van der Waals surface area contributed by atoms with Crippen LogP contribution >= 0.6 is 0 Å². The second kappa shape index (κ2) is 6.12. The van der Waals surface area contributed by atoms with Gasteiger partial charge >= 0.3 is 0 Å². The summed E-state index contributed by atoms with van der Waals surface area (Å²) in [6.07, 6.45) is 1.77. The molecule has 4 heteroatoms. The van der Waals surface area contributed by atoms with Crippen molar-refractivity contribution in [2.45, 2.75) is 46.0 Å². The molecular formula is C17H23N3O. The van der Waals surface area contributed by atoms with Crippen LogP contribution in [0.3, 0.4) is 0 Å². The molecule has 2 aromatic rings. The Bertz CT molecular complexity index is 618. The molecule has 0 bridgehead atoms.